The van der Waals surface area contributed by atoms with Crippen LogP contribution in [0.5, 0.6) is 0 Å². The third-order valence-electron chi connectivity index (χ3n) is 3.32. The van der Waals surface area contributed by atoms with E-state index >= 15 is 0 Å². The van der Waals surface area contributed by atoms with Gasteiger partial charge in [0.2, 0.25) is 10.0 Å². The Morgan fingerprint density at radius 3 is 2.86 bits per heavy atom. The van der Waals surface area contributed by atoms with E-state index in [2.05, 4.69) is 24.9 Å². The quantitative estimate of drug-likeness (QED) is 0.736. The van der Waals surface area contributed by atoms with Gasteiger partial charge >= 0.3 is 0 Å². The molecule has 114 valence electrons. The second-order valence-corrected chi connectivity index (χ2v) is 6.57. The summed E-state index contributed by atoms with van der Waals surface area (Å²) in [6, 6.07) is 7.08. The fourth-order valence-corrected chi connectivity index (χ4v) is 3.79. The maximum atomic E-state index is 12.6. The zero-order valence-corrected chi connectivity index (χ0v) is 12.8. The van der Waals surface area contributed by atoms with E-state index in [9.17, 15) is 8.42 Å². The molecule has 2 heterocycles. The summed E-state index contributed by atoms with van der Waals surface area (Å²) in [6.45, 7) is 2.02. The Morgan fingerprint density at radius 1 is 1.23 bits per heavy atom. The summed E-state index contributed by atoms with van der Waals surface area (Å²) in [7, 11) is -3.62. The summed E-state index contributed by atoms with van der Waals surface area (Å²) in [5, 5.41) is 7.05. The molecule has 7 nitrogen and oxygen atoms in total. The van der Waals surface area contributed by atoms with Crippen molar-refractivity contribution in [3.63, 3.8) is 0 Å². The molecule has 8 heteroatoms. The van der Waals surface area contributed by atoms with Crippen LogP contribution in [0.25, 0.3) is 10.9 Å². The largest absolute Gasteiger partial charge is 0.263 e. The molecule has 3 aromatic rings. The molecule has 0 saturated carbocycles. The SMILES string of the molecule is Cc1ccc2ncccc2c1S(=O)(=O)NCCc1ncn[nH]1. The first-order chi connectivity index (χ1) is 10.6. The minimum absolute atomic E-state index is 0.244. The predicted octanol–water partition coefficient (Wildman–Crippen LogP) is 1.18. The Bertz CT molecular complexity index is 891. The Hall–Kier alpha value is -2.32. The average molecular weight is 317 g/mol. The van der Waals surface area contributed by atoms with Crippen LogP contribution in [-0.4, -0.2) is 35.1 Å². The fraction of sp³-hybridized carbons (Fsp3) is 0.214. The molecule has 0 fully saturated rings. The minimum Gasteiger partial charge on any atom is -0.263 e. The lowest BCUT2D eigenvalue weighted by molar-refractivity contribution is 0.581. The van der Waals surface area contributed by atoms with Crippen LogP contribution in [0.2, 0.25) is 0 Å². The highest BCUT2D eigenvalue weighted by Crippen LogP contribution is 2.24. The molecule has 0 spiro atoms. The summed E-state index contributed by atoms with van der Waals surface area (Å²) in [4.78, 5) is 8.44. The maximum absolute atomic E-state index is 12.6. The van der Waals surface area contributed by atoms with Crippen molar-refractivity contribution < 1.29 is 8.42 Å². The van der Waals surface area contributed by atoms with Gasteiger partial charge in [-0.1, -0.05) is 6.07 Å². The Kier molecular flexibility index (Phi) is 3.86. The molecule has 0 aliphatic heterocycles. The third kappa shape index (κ3) is 2.83. The predicted molar refractivity (Wildman–Crippen MR) is 81.8 cm³/mol. The number of pyridine rings is 1. The Morgan fingerprint density at radius 2 is 2.09 bits per heavy atom. The number of aromatic amines is 1. The maximum Gasteiger partial charge on any atom is 0.241 e. The Labute approximate surface area is 127 Å². The first-order valence-electron chi connectivity index (χ1n) is 6.76. The monoisotopic (exact) mass is 317 g/mol. The first-order valence-corrected chi connectivity index (χ1v) is 8.24. The molecule has 0 atom stereocenters. The summed E-state index contributed by atoms with van der Waals surface area (Å²) < 4.78 is 27.8. The van der Waals surface area contributed by atoms with Crippen LogP contribution in [0.4, 0.5) is 0 Å². The molecule has 2 aromatic heterocycles. The average Bonchev–Trinajstić information content (AvgIpc) is 3.00. The van der Waals surface area contributed by atoms with Crippen LogP contribution in [0.1, 0.15) is 11.4 Å². The van der Waals surface area contributed by atoms with Crippen molar-refractivity contribution in [2.75, 3.05) is 6.54 Å². The number of rotatable bonds is 5. The molecule has 0 aliphatic carbocycles. The van der Waals surface area contributed by atoms with Gasteiger partial charge in [-0.15, -0.1) is 0 Å². The number of fused-ring (bicyclic) bond motifs is 1. The fourth-order valence-electron chi connectivity index (χ4n) is 2.32. The number of hydrogen-bond acceptors (Lipinski definition) is 5. The highest BCUT2D eigenvalue weighted by molar-refractivity contribution is 7.89. The van der Waals surface area contributed by atoms with E-state index in [4.69, 9.17) is 0 Å². The molecule has 0 radical (unpaired) electrons. The molecular formula is C14H15N5O2S. The van der Waals surface area contributed by atoms with Crippen molar-refractivity contribution in [1.82, 2.24) is 24.9 Å². The van der Waals surface area contributed by atoms with Crippen LogP contribution < -0.4 is 4.72 Å². The summed E-state index contributed by atoms with van der Waals surface area (Å²) in [5.41, 5.74) is 1.34. The normalized spacial score (nSPS) is 11.9. The molecule has 1 aromatic carbocycles. The molecule has 2 N–H and O–H groups in total. The third-order valence-corrected chi connectivity index (χ3v) is 4.98. The van der Waals surface area contributed by atoms with Crippen molar-refractivity contribution in [3.05, 3.63) is 48.2 Å². The van der Waals surface area contributed by atoms with Gasteiger partial charge in [-0.3, -0.25) is 10.1 Å². The number of H-pyrrole nitrogens is 1. The lowest BCUT2D eigenvalue weighted by atomic mass is 10.1. The van der Waals surface area contributed by atoms with Crippen LogP contribution >= 0.6 is 0 Å². The molecule has 0 aliphatic rings. The van der Waals surface area contributed by atoms with Crippen molar-refractivity contribution in [2.24, 2.45) is 0 Å². The molecular weight excluding hydrogens is 302 g/mol. The van der Waals surface area contributed by atoms with Crippen LogP contribution in [-0.2, 0) is 16.4 Å². The molecule has 22 heavy (non-hydrogen) atoms. The van der Waals surface area contributed by atoms with E-state index in [1.54, 1.807) is 31.3 Å². The molecule has 0 bridgehead atoms. The van der Waals surface area contributed by atoms with E-state index in [1.807, 2.05) is 6.07 Å². The van der Waals surface area contributed by atoms with Crippen LogP contribution in [0, 0.1) is 6.92 Å². The smallest absolute Gasteiger partial charge is 0.241 e. The number of nitrogens with one attached hydrogen (secondary N) is 2. The van der Waals surface area contributed by atoms with E-state index in [0.29, 0.717) is 28.7 Å². The van der Waals surface area contributed by atoms with Crippen molar-refractivity contribution in [3.8, 4) is 0 Å². The molecule has 0 unspecified atom stereocenters. The van der Waals surface area contributed by atoms with Crippen molar-refractivity contribution >= 4 is 20.9 Å². The van der Waals surface area contributed by atoms with Gasteiger partial charge in [0.1, 0.15) is 12.2 Å². The van der Waals surface area contributed by atoms with Gasteiger partial charge in [-0.25, -0.2) is 18.1 Å². The second-order valence-electron chi connectivity index (χ2n) is 4.86. The van der Waals surface area contributed by atoms with Crippen molar-refractivity contribution in [2.45, 2.75) is 18.2 Å². The number of aryl methyl sites for hydroxylation is 1. The number of nitrogens with zero attached hydrogens (tertiary/aromatic N) is 3. The van der Waals surface area contributed by atoms with Gasteiger partial charge in [0, 0.05) is 24.5 Å². The number of benzene rings is 1. The van der Waals surface area contributed by atoms with Gasteiger partial charge in [0.25, 0.3) is 0 Å². The summed E-state index contributed by atoms with van der Waals surface area (Å²) in [6.07, 6.45) is 3.48. The number of aromatic nitrogens is 4. The highest BCUT2D eigenvalue weighted by Gasteiger charge is 2.20. The minimum atomic E-state index is -3.62. The number of hydrogen-bond donors (Lipinski definition) is 2. The van der Waals surface area contributed by atoms with E-state index < -0.39 is 10.0 Å². The lowest BCUT2D eigenvalue weighted by Gasteiger charge is -2.11. The standard InChI is InChI=1S/C14H15N5O2S/c1-10-4-5-12-11(3-2-7-15-12)14(10)22(20,21)18-8-6-13-16-9-17-19-13/h2-5,7,9,18H,6,8H2,1H3,(H,16,17,19). The molecule has 0 amide bonds. The van der Waals surface area contributed by atoms with Gasteiger partial charge in [0.15, 0.2) is 0 Å². The topological polar surface area (TPSA) is 101 Å². The molecule has 3 rings (SSSR count). The second kappa shape index (κ2) is 5.82. The van der Waals surface area contributed by atoms with E-state index in [0.717, 1.165) is 0 Å². The zero-order valence-electron chi connectivity index (χ0n) is 11.9. The van der Waals surface area contributed by atoms with E-state index in [1.165, 1.54) is 6.33 Å². The lowest BCUT2D eigenvalue weighted by Crippen LogP contribution is -2.27. The van der Waals surface area contributed by atoms with Gasteiger partial charge in [-0.05, 0) is 30.7 Å². The van der Waals surface area contributed by atoms with Gasteiger partial charge in [0.05, 0.1) is 10.4 Å². The van der Waals surface area contributed by atoms with Crippen LogP contribution in [0.3, 0.4) is 0 Å². The summed E-state index contributed by atoms with van der Waals surface area (Å²) in [5.74, 6) is 0.638. The highest BCUT2D eigenvalue weighted by atomic mass is 32.2. The van der Waals surface area contributed by atoms with Crippen LogP contribution in [0.15, 0.2) is 41.7 Å². The van der Waals surface area contributed by atoms with Gasteiger partial charge < -0.3 is 0 Å². The van der Waals surface area contributed by atoms with Crippen molar-refractivity contribution in [1.29, 1.82) is 0 Å². The van der Waals surface area contributed by atoms with E-state index in [-0.39, 0.29) is 11.4 Å². The van der Waals surface area contributed by atoms with Gasteiger partial charge in [-0.2, -0.15) is 5.10 Å². The summed E-state index contributed by atoms with van der Waals surface area (Å²) >= 11 is 0. The Balaban J connectivity index is 1.90. The number of sulfonamides is 1. The first kappa shape index (κ1) is 14.6. The molecule has 0 saturated heterocycles. The zero-order chi connectivity index (χ0) is 15.6.